The highest BCUT2D eigenvalue weighted by atomic mass is 16.2. The summed E-state index contributed by atoms with van der Waals surface area (Å²) < 4.78 is 0. The van der Waals surface area contributed by atoms with Crippen LogP contribution >= 0.6 is 0 Å². The van der Waals surface area contributed by atoms with Crippen LogP contribution in [0.1, 0.15) is 66.7 Å². The lowest BCUT2D eigenvalue weighted by Gasteiger charge is -2.52. The number of likely N-dealkylation sites (tertiary alicyclic amines) is 1. The topological polar surface area (TPSA) is 55.9 Å². The minimum absolute atomic E-state index is 0.0683. The van der Waals surface area contributed by atoms with Gasteiger partial charge in [-0.25, -0.2) is 0 Å². The Morgan fingerprint density at radius 3 is 2.07 bits per heavy atom. The van der Waals surface area contributed by atoms with Gasteiger partial charge in [-0.2, -0.15) is 0 Å². The molecule has 1 aliphatic carbocycles. The highest BCUT2D eigenvalue weighted by Gasteiger charge is 2.46. The summed E-state index contributed by atoms with van der Waals surface area (Å²) in [5.74, 6) is 1.20. The summed E-state index contributed by atoms with van der Waals surface area (Å²) in [7, 11) is 0. The quantitative estimate of drug-likeness (QED) is 0.685. The van der Waals surface area contributed by atoms with E-state index in [0.717, 1.165) is 71.7 Å². The number of piperazine rings is 1. The second-order valence-corrected chi connectivity index (χ2v) is 9.58. The summed E-state index contributed by atoms with van der Waals surface area (Å²) in [4.78, 5) is 31.4. The first kappa shape index (κ1) is 25.1. The molecule has 3 rings (SSSR count). The maximum Gasteiger partial charge on any atom is 0.223 e. The standard InChI is InChI=1S/C22H40N4O2.C2H6/c1-4-24-11-13-25(14-12-24)8-5-20(27)26-9-6-22(7-10-26)15-19(16-22)17-23-21(28)18(2)3;1-2/h18-19H,4-17H2,1-3H3,(H,23,28);1-2H3. The van der Waals surface area contributed by atoms with Crippen LogP contribution in [0.5, 0.6) is 0 Å². The average Bonchev–Trinajstić information content (AvgIpc) is 2.76. The van der Waals surface area contributed by atoms with Crippen molar-refractivity contribution in [1.82, 2.24) is 20.0 Å². The van der Waals surface area contributed by atoms with Gasteiger partial charge in [0.25, 0.3) is 0 Å². The Labute approximate surface area is 184 Å². The van der Waals surface area contributed by atoms with Crippen molar-refractivity contribution in [2.45, 2.75) is 66.7 Å². The molecule has 0 aromatic rings. The van der Waals surface area contributed by atoms with Crippen LogP contribution in [0.15, 0.2) is 0 Å². The van der Waals surface area contributed by atoms with Gasteiger partial charge in [-0.05, 0) is 43.6 Å². The van der Waals surface area contributed by atoms with E-state index < -0.39 is 0 Å². The lowest BCUT2D eigenvalue weighted by Crippen LogP contribution is -2.51. The van der Waals surface area contributed by atoms with Crippen LogP contribution in [0.4, 0.5) is 0 Å². The summed E-state index contributed by atoms with van der Waals surface area (Å²) >= 11 is 0. The zero-order valence-electron chi connectivity index (χ0n) is 20.2. The van der Waals surface area contributed by atoms with Gasteiger partial charge in [-0.1, -0.05) is 34.6 Å². The molecular weight excluding hydrogens is 376 g/mol. The normalized spacial score (nSPS) is 22.4. The third-order valence-electron chi connectivity index (χ3n) is 7.26. The van der Waals surface area contributed by atoms with Crippen LogP contribution in [0, 0.1) is 17.3 Å². The third kappa shape index (κ3) is 6.94. The molecule has 2 aliphatic heterocycles. The SMILES string of the molecule is CC.CCN1CCN(CCC(=O)N2CCC3(CC2)CC(CNC(=O)C(C)C)C3)CC1. The van der Waals surface area contributed by atoms with Gasteiger partial charge in [0.1, 0.15) is 0 Å². The molecule has 2 saturated heterocycles. The van der Waals surface area contributed by atoms with Crippen LogP contribution in [0.2, 0.25) is 0 Å². The molecule has 1 spiro atoms. The molecule has 6 heteroatoms. The fourth-order valence-corrected chi connectivity index (χ4v) is 5.14. The molecule has 0 aromatic carbocycles. The number of amides is 2. The second kappa shape index (κ2) is 12.0. The minimum Gasteiger partial charge on any atom is -0.356 e. The third-order valence-corrected chi connectivity index (χ3v) is 7.26. The Morgan fingerprint density at radius 1 is 0.967 bits per heavy atom. The number of likely N-dealkylation sites (N-methyl/N-ethyl adjacent to an activating group) is 1. The largest absolute Gasteiger partial charge is 0.356 e. The van der Waals surface area contributed by atoms with Crippen molar-refractivity contribution in [2.24, 2.45) is 17.3 Å². The van der Waals surface area contributed by atoms with Crippen molar-refractivity contribution in [3.05, 3.63) is 0 Å². The molecule has 3 aliphatic rings. The Morgan fingerprint density at radius 2 is 1.53 bits per heavy atom. The summed E-state index contributed by atoms with van der Waals surface area (Å²) in [6, 6.07) is 0. The van der Waals surface area contributed by atoms with Gasteiger partial charge in [0.05, 0.1) is 0 Å². The molecule has 0 radical (unpaired) electrons. The fourth-order valence-electron chi connectivity index (χ4n) is 5.14. The van der Waals surface area contributed by atoms with E-state index in [9.17, 15) is 9.59 Å². The molecule has 30 heavy (non-hydrogen) atoms. The fraction of sp³-hybridized carbons (Fsp3) is 0.917. The van der Waals surface area contributed by atoms with Crippen LogP contribution in [0.25, 0.3) is 0 Å². The highest BCUT2D eigenvalue weighted by molar-refractivity contribution is 5.77. The van der Waals surface area contributed by atoms with Gasteiger partial charge in [-0.15, -0.1) is 0 Å². The van der Waals surface area contributed by atoms with Crippen molar-refractivity contribution in [1.29, 1.82) is 0 Å². The van der Waals surface area contributed by atoms with Crippen molar-refractivity contribution in [2.75, 3.05) is 58.9 Å². The Balaban J connectivity index is 0.00000155. The van der Waals surface area contributed by atoms with Crippen molar-refractivity contribution >= 4 is 11.8 Å². The van der Waals surface area contributed by atoms with E-state index in [4.69, 9.17) is 0 Å². The van der Waals surface area contributed by atoms with Crippen LogP contribution < -0.4 is 5.32 Å². The van der Waals surface area contributed by atoms with Gasteiger partial charge in [0.15, 0.2) is 0 Å². The monoisotopic (exact) mass is 422 g/mol. The summed E-state index contributed by atoms with van der Waals surface area (Å²) in [6.07, 6.45) is 5.39. The molecule has 6 nitrogen and oxygen atoms in total. The molecule has 0 aromatic heterocycles. The molecule has 1 N–H and O–H groups in total. The van der Waals surface area contributed by atoms with Gasteiger partial charge < -0.3 is 20.0 Å². The number of carbonyl (C=O) groups is 2. The highest BCUT2D eigenvalue weighted by Crippen LogP contribution is 2.52. The Kier molecular flexibility index (Phi) is 10.1. The molecule has 2 heterocycles. The van der Waals surface area contributed by atoms with Crippen molar-refractivity contribution in [3.8, 4) is 0 Å². The van der Waals surface area contributed by atoms with Gasteiger partial charge in [-0.3, -0.25) is 9.59 Å². The first-order valence-electron chi connectivity index (χ1n) is 12.4. The first-order chi connectivity index (χ1) is 14.4. The summed E-state index contributed by atoms with van der Waals surface area (Å²) in [5, 5.41) is 3.08. The predicted molar refractivity (Wildman–Crippen MR) is 123 cm³/mol. The van der Waals surface area contributed by atoms with E-state index in [1.165, 1.54) is 12.8 Å². The zero-order valence-corrected chi connectivity index (χ0v) is 20.2. The second-order valence-electron chi connectivity index (χ2n) is 9.58. The Hall–Kier alpha value is -1.14. The average molecular weight is 423 g/mol. The minimum atomic E-state index is 0.0683. The number of hydrogen-bond acceptors (Lipinski definition) is 4. The predicted octanol–water partition coefficient (Wildman–Crippen LogP) is 2.83. The number of piperidine rings is 1. The van der Waals surface area contributed by atoms with E-state index in [-0.39, 0.29) is 11.8 Å². The first-order valence-corrected chi connectivity index (χ1v) is 12.4. The van der Waals surface area contributed by atoms with E-state index in [1.807, 2.05) is 27.7 Å². The molecule has 3 fully saturated rings. The number of carbonyl (C=O) groups excluding carboxylic acids is 2. The van der Waals surface area contributed by atoms with Gasteiger partial charge >= 0.3 is 0 Å². The number of hydrogen-bond donors (Lipinski definition) is 1. The van der Waals surface area contributed by atoms with Crippen molar-refractivity contribution in [3.63, 3.8) is 0 Å². The molecule has 0 atom stereocenters. The zero-order chi connectivity index (χ0) is 22.1. The molecule has 0 bridgehead atoms. The number of rotatable bonds is 7. The van der Waals surface area contributed by atoms with Crippen molar-refractivity contribution < 1.29 is 9.59 Å². The summed E-state index contributed by atoms with van der Waals surface area (Å²) in [5.41, 5.74) is 0.445. The van der Waals surface area contributed by atoms with E-state index in [0.29, 0.717) is 23.7 Å². The van der Waals surface area contributed by atoms with Gasteiger partial charge in [0, 0.05) is 64.7 Å². The molecule has 0 unspecified atom stereocenters. The molecular formula is C24H46N4O2. The lowest BCUT2D eigenvalue weighted by atomic mass is 9.57. The van der Waals surface area contributed by atoms with E-state index >= 15 is 0 Å². The van der Waals surface area contributed by atoms with E-state index in [2.05, 4.69) is 26.9 Å². The number of nitrogens with zero attached hydrogens (tertiary/aromatic N) is 3. The van der Waals surface area contributed by atoms with E-state index in [1.54, 1.807) is 0 Å². The van der Waals surface area contributed by atoms with Gasteiger partial charge in [0.2, 0.25) is 11.8 Å². The Bertz CT molecular complexity index is 527. The summed E-state index contributed by atoms with van der Waals surface area (Å²) in [6.45, 7) is 19.3. The number of nitrogens with one attached hydrogen (secondary N) is 1. The van der Waals surface area contributed by atoms with Crippen LogP contribution in [0.3, 0.4) is 0 Å². The molecule has 174 valence electrons. The molecule has 2 amide bonds. The maximum atomic E-state index is 12.6. The maximum absolute atomic E-state index is 12.6. The van der Waals surface area contributed by atoms with Crippen LogP contribution in [-0.4, -0.2) is 85.4 Å². The smallest absolute Gasteiger partial charge is 0.223 e. The lowest BCUT2D eigenvalue weighted by molar-refractivity contribution is -0.136. The molecule has 1 saturated carbocycles. The van der Waals surface area contributed by atoms with Crippen LogP contribution in [-0.2, 0) is 9.59 Å².